The lowest BCUT2D eigenvalue weighted by atomic mass is 10.0. The Morgan fingerprint density at radius 3 is 1.91 bits per heavy atom. The molecular formula is C26H32O9. The third-order valence-corrected chi connectivity index (χ3v) is 5.12. The zero-order valence-electron chi connectivity index (χ0n) is 20.4. The molecule has 2 aromatic carbocycles. The Balaban J connectivity index is 1.96. The quantitative estimate of drug-likeness (QED) is 0.357. The van der Waals surface area contributed by atoms with Gasteiger partial charge in [0, 0.05) is 5.56 Å². The Kier molecular flexibility index (Phi) is 10.7. The van der Waals surface area contributed by atoms with Gasteiger partial charge >= 0.3 is 5.97 Å². The maximum absolute atomic E-state index is 12.6. The van der Waals surface area contributed by atoms with Gasteiger partial charge in [0.25, 0.3) is 0 Å². The van der Waals surface area contributed by atoms with Crippen molar-refractivity contribution in [2.45, 2.75) is 0 Å². The van der Waals surface area contributed by atoms with Crippen LogP contribution in [-0.4, -0.2) is 80.2 Å². The minimum absolute atomic E-state index is 0.277. The summed E-state index contributed by atoms with van der Waals surface area (Å²) in [6.07, 6.45) is 1.70. The number of fused-ring (bicyclic) bond motifs is 1. The molecule has 190 valence electrons. The van der Waals surface area contributed by atoms with Crippen molar-refractivity contribution in [1.82, 2.24) is 0 Å². The topological polar surface area (TPSA) is 90.9 Å². The van der Waals surface area contributed by atoms with E-state index in [1.54, 1.807) is 49.6 Å². The first-order valence-electron chi connectivity index (χ1n) is 11.3. The van der Waals surface area contributed by atoms with Crippen molar-refractivity contribution in [3.05, 3.63) is 47.5 Å². The second kappa shape index (κ2) is 14.2. The highest BCUT2D eigenvalue weighted by atomic mass is 16.6. The number of benzene rings is 2. The van der Waals surface area contributed by atoms with Crippen LogP contribution in [-0.2, 0) is 23.7 Å². The van der Waals surface area contributed by atoms with Crippen LogP contribution in [0.2, 0.25) is 0 Å². The number of carbonyl (C=O) groups is 1. The predicted octanol–water partition coefficient (Wildman–Crippen LogP) is 3.24. The van der Waals surface area contributed by atoms with Gasteiger partial charge in [-0.15, -0.1) is 0 Å². The van der Waals surface area contributed by atoms with E-state index >= 15 is 0 Å². The Bertz CT molecular complexity index is 970. The lowest BCUT2D eigenvalue weighted by Gasteiger charge is -2.18. The summed E-state index contributed by atoms with van der Waals surface area (Å²) in [6, 6.07) is 10.7. The number of esters is 1. The van der Waals surface area contributed by atoms with Crippen LogP contribution in [0.3, 0.4) is 0 Å². The summed E-state index contributed by atoms with van der Waals surface area (Å²) in [5.74, 6) is 1.53. The van der Waals surface area contributed by atoms with Crippen LogP contribution in [0.5, 0.6) is 23.0 Å². The number of ether oxygens (including phenoxy) is 8. The smallest absolute Gasteiger partial charge is 0.338 e. The van der Waals surface area contributed by atoms with Gasteiger partial charge in [-0.1, -0.05) is 12.1 Å². The van der Waals surface area contributed by atoms with Crippen molar-refractivity contribution in [3.63, 3.8) is 0 Å². The van der Waals surface area contributed by atoms with E-state index in [4.69, 9.17) is 37.9 Å². The number of hydrogen-bond acceptors (Lipinski definition) is 9. The number of hydrogen-bond donors (Lipinski definition) is 0. The first kappa shape index (κ1) is 26.3. The first-order chi connectivity index (χ1) is 17.2. The van der Waals surface area contributed by atoms with Crippen molar-refractivity contribution in [1.29, 1.82) is 0 Å². The van der Waals surface area contributed by atoms with Crippen LogP contribution in [0.15, 0.2) is 36.4 Å². The molecule has 0 aliphatic carbocycles. The molecule has 0 amide bonds. The highest BCUT2D eigenvalue weighted by Crippen LogP contribution is 2.42. The Morgan fingerprint density at radius 1 is 0.743 bits per heavy atom. The minimum Gasteiger partial charge on any atom is -0.497 e. The first-order valence-corrected chi connectivity index (χ1v) is 11.3. The summed E-state index contributed by atoms with van der Waals surface area (Å²) >= 11 is 0. The molecule has 0 saturated heterocycles. The largest absolute Gasteiger partial charge is 0.497 e. The zero-order valence-corrected chi connectivity index (χ0v) is 20.4. The molecule has 35 heavy (non-hydrogen) atoms. The minimum atomic E-state index is -0.488. The molecule has 0 saturated carbocycles. The molecule has 0 fully saturated rings. The summed E-state index contributed by atoms with van der Waals surface area (Å²) in [6.45, 7) is 3.27. The average Bonchev–Trinajstić information content (AvgIpc) is 2.90. The molecule has 0 aromatic heterocycles. The zero-order chi connectivity index (χ0) is 24.9. The summed E-state index contributed by atoms with van der Waals surface area (Å²) in [5.41, 5.74) is 1.64. The molecule has 0 atom stereocenters. The van der Waals surface area contributed by atoms with E-state index in [0.717, 1.165) is 0 Å². The van der Waals surface area contributed by atoms with Gasteiger partial charge in [0.1, 0.15) is 19.0 Å². The summed E-state index contributed by atoms with van der Waals surface area (Å²) in [5, 5.41) is 0. The molecule has 3 rings (SSSR count). The number of rotatable bonds is 5. The number of carbonyl (C=O) groups excluding carboxylic acids is 1. The van der Waals surface area contributed by atoms with E-state index in [-0.39, 0.29) is 6.61 Å². The Labute approximate surface area is 205 Å². The molecule has 0 bridgehead atoms. The molecular weight excluding hydrogens is 456 g/mol. The highest BCUT2D eigenvalue weighted by molar-refractivity contribution is 6.21. The van der Waals surface area contributed by atoms with Crippen LogP contribution in [0.25, 0.3) is 11.6 Å². The second-order valence-electron chi connectivity index (χ2n) is 7.33. The van der Waals surface area contributed by atoms with Gasteiger partial charge in [-0.2, -0.15) is 0 Å². The van der Waals surface area contributed by atoms with Gasteiger partial charge in [-0.25, -0.2) is 4.79 Å². The second-order valence-corrected chi connectivity index (χ2v) is 7.33. The molecule has 9 heteroatoms. The molecule has 1 aliphatic rings. The van der Waals surface area contributed by atoms with E-state index in [2.05, 4.69) is 0 Å². The molecule has 0 unspecified atom stereocenters. The van der Waals surface area contributed by atoms with E-state index in [0.29, 0.717) is 85.9 Å². The monoisotopic (exact) mass is 488 g/mol. The van der Waals surface area contributed by atoms with Crippen LogP contribution in [0, 0.1) is 0 Å². The molecule has 0 N–H and O–H groups in total. The Morgan fingerprint density at radius 2 is 1.34 bits per heavy atom. The van der Waals surface area contributed by atoms with Crippen LogP contribution in [0.1, 0.15) is 11.1 Å². The van der Waals surface area contributed by atoms with Crippen molar-refractivity contribution >= 4 is 17.6 Å². The summed E-state index contributed by atoms with van der Waals surface area (Å²) in [7, 11) is 4.46. The molecule has 1 aliphatic heterocycles. The van der Waals surface area contributed by atoms with E-state index in [1.165, 1.54) is 14.2 Å². The third-order valence-electron chi connectivity index (χ3n) is 5.12. The number of methoxy groups -OCH3 is 3. The van der Waals surface area contributed by atoms with Crippen LogP contribution < -0.4 is 18.9 Å². The van der Waals surface area contributed by atoms with Gasteiger partial charge in [0.2, 0.25) is 5.75 Å². The fourth-order valence-electron chi connectivity index (χ4n) is 3.39. The molecule has 2 aromatic rings. The van der Waals surface area contributed by atoms with E-state index in [9.17, 15) is 4.79 Å². The summed E-state index contributed by atoms with van der Waals surface area (Å²) < 4.78 is 44.4. The lowest BCUT2D eigenvalue weighted by molar-refractivity contribution is -0.133. The fourth-order valence-corrected chi connectivity index (χ4v) is 3.39. The van der Waals surface area contributed by atoms with Gasteiger partial charge in [-0.05, 0) is 35.9 Å². The van der Waals surface area contributed by atoms with Crippen molar-refractivity contribution < 1.29 is 42.7 Å². The fraction of sp³-hybridized carbons (Fsp3) is 0.423. The van der Waals surface area contributed by atoms with Crippen molar-refractivity contribution in [2.24, 2.45) is 0 Å². The molecule has 1 heterocycles. The third kappa shape index (κ3) is 7.61. The van der Waals surface area contributed by atoms with Crippen LogP contribution >= 0.6 is 0 Å². The van der Waals surface area contributed by atoms with Crippen molar-refractivity contribution in [2.75, 3.05) is 74.2 Å². The van der Waals surface area contributed by atoms with Gasteiger partial charge in [0.05, 0.1) is 66.5 Å². The predicted molar refractivity (Wildman–Crippen MR) is 129 cm³/mol. The molecule has 0 spiro atoms. The SMILES string of the molecule is COC(=O)/C(=C\c1ccc2c(c1OC)OCCOCCOCCOCCO2)c1ccc(OC)cc1. The van der Waals surface area contributed by atoms with E-state index < -0.39 is 5.97 Å². The van der Waals surface area contributed by atoms with Crippen LogP contribution in [0.4, 0.5) is 0 Å². The standard InChI is InChI=1S/C26H32O9/c1-28-21-7-4-19(5-8-21)22(26(27)30-3)18-20-6-9-23-25(24(20)29-2)35-17-15-33-13-11-31-10-12-32-14-16-34-23/h4-9,18H,10-17H2,1-3H3/b22-18-. The maximum atomic E-state index is 12.6. The molecule has 9 nitrogen and oxygen atoms in total. The van der Waals surface area contributed by atoms with Gasteiger partial charge in [0.15, 0.2) is 11.5 Å². The van der Waals surface area contributed by atoms with Crippen molar-refractivity contribution in [3.8, 4) is 23.0 Å². The lowest BCUT2D eigenvalue weighted by Crippen LogP contribution is -2.13. The maximum Gasteiger partial charge on any atom is 0.338 e. The van der Waals surface area contributed by atoms with Gasteiger partial charge < -0.3 is 37.9 Å². The van der Waals surface area contributed by atoms with Gasteiger partial charge in [-0.3, -0.25) is 0 Å². The molecule has 0 radical (unpaired) electrons. The Hall–Kier alpha value is -3.27. The van der Waals surface area contributed by atoms with E-state index in [1.807, 2.05) is 0 Å². The average molecular weight is 489 g/mol. The highest BCUT2D eigenvalue weighted by Gasteiger charge is 2.20. The summed E-state index contributed by atoms with van der Waals surface area (Å²) in [4.78, 5) is 12.6. The normalized spacial score (nSPS) is 15.9.